The number of nitrogens with one attached hydrogen (secondary N) is 1. The Morgan fingerprint density at radius 2 is 1.88 bits per heavy atom. The van der Waals surface area contributed by atoms with Crippen molar-refractivity contribution in [1.29, 1.82) is 0 Å². The van der Waals surface area contributed by atoms with Crippen LogP contribution < -0.4 is 11.1 Å². The number of nitrogens with two attached hydrogens (primary N) is 1. The molecular formula is C24H22F3N5O2. The number of rotatable bonds is 6. The first-order chi connectivity index (χ1) is 16.1. The van der Waals surface area contributed by atoms with Crippen molar-refractivity contribution in [3.63, 3.8) is 0 Å². The molecule has 0 radical (unpaired) electrons. The summed E-state index contributed by atoms with van der Waals surface area (Å²) in [5.41, 5.74) is 7.23. The van der Waals surface area contributed by atoms with Crippen molar-refractivity contribution in [1.82, 2.24) is 19.9 Å². The highest BCUT2D eigenvalue weighted by Crippen LogP contribution is 2.32. The molecule has 1 atom stereocenters. The number of hydrogen-bond donors (Lipinski definition) is 3. The Morgan fingerprint density at radius 3 is 2.59 bits per heavy atom. The number of halogens is 3. The van der Waals surface area contributed by atoms with E-state index in [0.717, 1.165) is 5.56 Å². The van der Waals surface area contributed by atoms with E-state index in [1.165, 1.54) is 35.7 Å². The third-order valence-corrected chi connectivity index (χ3v) is 5.52. The van der Waals surface area contributed by atoms with Gasteiger partial charge in [0.1, 0.15) is 11.9 Å². The molecule has 0 aliphatic rings. The van der Waals surface area contributed by atoms with Crippen molar-refractivity contribution in [3.8, 4) is 11.1 Å². The van der Waals surface area contributed by atoms with E-state index in [1.807, 2.05) is 0 Å². The van der Waals surface area contributed by atoms with Crippen molar-refractivity contribution in [3.05, 3.63) is 82.8 Å². The number of aliphatic hydroxyl groups excluding tert-OH is 1. The fraction of sp³-hybridized carbons (Fsp3) is 0.208. The molecule has 4 aromatic rings. The van der Waals surface area contributed by atoms with Crippen molar-refractivity contribution >= 4 is 17.5 Å². The molecule has 2 aromatic heterocycles. The minimum atomic E-state index is -3.68. The lowest BCUT2D eigenvalue weighted by atomic mass is 9.98. The Bertz CT molecular complexity index is 1370. The molecule has 1 amide bonds. The molecule has 2 aromatic carbocycles. The summed E-state index contributed by atoms with van der Waals surface area (Å²) in [5, 5.41) is 16.1. The summed E-state index contributed by atoms with van der Waals surface area (Å²) in [4.78, 5) is 16.8. The molecule has 0 aliphatic carbocycles. The molecule has 0 fully saturated rings. The maximum Gasteiger partial charge on any atom is 0.294 e. The highest BCUT2D eigenvalue weighted by atomic mass is 19.3. The summed E-state index contributed by atoms with van der Waals surface area (Å²) >= 11 is 0. The molecule has 0 aliphatic heterocycles. The standard InChI is InChI=1S/C24H22F3N5O2/c1-13-3-6-15(7-4-13)21(33)24(26,27)12-29-22(34)19-14(2)5-8-17(20(19)25)16-9-10-32-18(11-16)30-23(28)31-32/h3-11,21,33H,12H2,1-2H3,(H2,28,31)(H,29,34). The average Bonchev–Trinajstić information content (AvgIpc) is 3.17. The molecule has 0 spiro atoms. The second-order valence-corrected chi connectivity index (χ2v) is 8.06. The minimum absolute atomic E-state index is 0.0127. The van der Waals surface area contributed by atoms with Gasteiger partial charge < -0.3 is 16.2 Å². The van der Waals surface area contributed by atoms with Gasteiger partial charge in [0, 0.05) is 11.8 Å². The largest absolute Gasteiger partial charge is 0.382 e. The molecule has 4 N–H and O–H groups in total. The molecule has 0 saturated heterocycles. The molecule has 4 rings (SSSR count). The molecule has 0 bridgehead atoms. The number of pyridine rings is 1. The van der Waals surface area contributed by atoms with E-state index in [0.29, 0.717) is 11.2 Å². The molecule has 1 unspecified atom stereocenters. The van der Waals surface area contributed by atoms with Crippen LogP contribution in [0.1, 0.15) is 33.2 Å². The number of aromatic nitrogens is 3. The van der Waals surface area contributed by atoms with Crippen LogP contribution >= 0.6 is 0 Å². The number of anilines is 1. The summed E-state index contributed by atoms with van der Waals surface area (Å²) in [6.45, 7) is 2.12. The normalized spacial score (nSPS) is 12.6. The van der Waals surface area contributed by atoms with Gasteiger partial charge in [-0.3, -0.25) is 4.79 Å². The average molecular weight is 469 g/mol. The third kappa shape index (κ3) is 4.44. The van der Waals surface area contributed by atoms with E-state index in [9.17, 15) is 18.7 Å². The van der Waals surface area contributed by atoms with Gasteiger partial charge in [-0.15, -0.1) is 5.10 Å². The van der Waals surface area contributed by atoms with Gasteiger partial charge >= 0.3 is 0 Å². The van der Waals surface area contributed by atoms with Crippen LogP contribution in [0.4, 0.5) is 19.1 Å². The molecule has 0 saturated carbocycles. The fourth-order valence-corrected chi connectivity index (χ4v) is 3.62. The topological polar surface area (TPSA) is 106 Å². The molecule has 10 heteroatoms. The quantitative estimate of drug-likeness (QED) is 0.398. The lowest BCUT2D eigenvalue weighted by Gasteiger charge is -2.23. The van der Waals surface area contributed by atoms with Crippen LogP contribution in [0.25, 0.3) is 16.8 Å². The molecule has 34 heavy (non-hydrogen) atoms. The second-order valence-electron chi connectivity index (χ2n) is 8.06. The number of alkyl halides is 2. The first-order valence-electron chi connectivity index (χ1n) is 10.4. The van der Waals surface area contributed by atoms with E-state index in [-0.39, 0.29) is 28.2 Å². The summed E-state index contributed by atoms with van der Waals surface area (Å²) in [6.07, 6.45) is -0.590. The molecule has 7 nitrogen and oxygen atoms in total. The van der Waals surface area contributed by atoms with E-state index in [4.69, 9.17) is 5.73 Å². The fourth-order valence-electron chi connectivity index (χ4n) is 3.62. The van der Waals surface area contributed by atoms with E-state index in [1.54, 1.807) is 37.4 Å². The first kappa shape index (κ1) is 23.2. The van der Waals surface area contributed by atoms with Gasteiger partial charge in [-0.25, -0.2) is 17.7 Å². The van der Waals surface area contributed by atoms with Crippen LogP contribution in [0.3, 0.4) is 0 Å². The SMILES string of the molecule is Cc1ccc(C(O)C(F)(F)CNC(=O)c2c(C)ccc(-c3ccn4nc(N)nc4c3)c2F)cc1. The Kier molecular flexibility index (Phi) is 6.01. The summed E-state index contributed by atoms with van der Waals surface area (Å²) in [7, 11) is 0. The Labute approximate surface area is 193 Å². The smallest absolute Gasteiger partial charge is 0.294 e. The Balaban J connectivity index is 1.57. The van der Waals surface area contributed by atoms with Gasteiger partial charge in [0.05, 0.1) is 12.1 Å². The number of nitrogen functional groups attached to an aromatic ring is 1. The van der Waals surface area contributed by atoms with E-state index < -0.39 is 30.3 Å². The number of fused-ring (bicyclic) bond motifs is 1. The highest BCUT2D eigenvalue weighted by molar-refractivity contribution is 5.97. The molecular weight excluding hydrogens is 447 g/mol. The zero-order valence-electron chi connectivity index (χ0n) is 18.4. The first-order valence-corrected chi connectivity index (χ1v) is 10.4. The maximum absolute atomic E-state index is 15.4. The predicted molar refractivity (Wildman–Crippen MR) is 121 cm³/mol. The summed E-state index contributed by atoms with van der Waals surface area (Å²) in [5.74, 6) is -5.50. The van der Waals surface area contributed by atoms with Gasteiger partial charge in [0.2, 0.25) is 5.95 Å². The number of carbonyl (C=O) groups is 1. The summed E-state index contributed by atoms with van der Waals surface area (Å²) < 4.78 is 46.0. The van der Waals surface area contributed by atoms with Crippen molar-refractivity contribution in [2.75, 3.05) is 12.3 Å². The number of hydrogen-bond acceptors (Lipinski definition) is 5. The second kappa shape index (κ2) is 8.79. The van der Waals surface area contributed by atoms with E-state index >= 15 is 4.39 Å². The third-order valence-electron chi connectivity index (χ3n) is 5.52. The van der Waals surface area contributed by atoms with Crippen LogP contribution in [0.5, 0.6) is 0 Å². The number of carbonyl (C=O) groups excluding carboxylic acids is 1. The highest BCUT2D eigenvalue weighted by Gasteiger charge is 2.40. The van der Waals surface area contributed by atoms with Crippen LogP contribution in [-0.4, -0.2) is 38.1 Å². The van der Waals surface area contributed by atoms with Crippen LogP contribution in [0.15, 0.2) is 54.7 Å². The monoisotopic (exact) mass is 469 g/mol. The van der Waals surface area contributed by atoms with Gasteiger partial charge in [-0.1, -0.05) is 42.0 Å². The van der Waals surface area contributed by atoms with Crippen molar-refractivity contribution in [2.24, 2.45) is 0 Å². The maximum atomic E-state index is 15.4. The van der Waals surface area contributed by atoms with Crippen molar-refractivity contribution in [2.45, 2.75) is 25.9 Å². The lowest BCUT2D eigenvalue weighted by molar-refractivity contribution is -0.106. The van der Waals surface area contributed by atoms with Crippen LogP contribution in [-0.2, 0) is 0 Å². The summed E-state index contributed by atoms with van der Waals surface area (Å²) in [6, 6.07) is 12.1. The van der Waals surface area contributed by atoms with Crippen LogP contribution in [0.2, 0.25) is 0 Å². The zero-order chi connectivity index (χ0) is 24.6. The number of aliphatic hydroxyl groups is 1. The zero-order valence-corrected chi connectivity index (χ0v) is 18.4. The number of amides is 1. The number of aryl methyl sites for hydroxylation is 2. The van der Waals surface area contributed by atoms with Gasteiger partial charge in [0.25, 0.3) is 11.8 Å². The number of benzene rings is 2. The molecule has 2 heterocycles. The lowest BCUT2D eigenvalue weighted by Crippen LogP contribution is -2.41. The Hall–Kier alpha value is -3.92. The minimum Gasteiger partial charge on any atom is -0.382 e. The van der Waals surface area contributed by atoms with Gasteiger partial charge in [-0.2, -0.15) is 4.98 Å². The van der Waals surface area contributed by atoms with Crippen LogP contribution in [0, 0.1) is 19.7 Å². The Morgan fingerprint density at radius 1 is 1.18 bits per heavy atom. The van der Waals surface area contributed by atoms with Gasteiger partial charge in [0.15, 0.2) is 5.65 Å². The predicted octanol–water partition coefficient (Wildman–Crippen LogP) is 3.83. The molecule has 176 valence electrons. The van der Waals surface area contributed by atoms with Crippen molar-refractivity contribution < 1.29 is 23.1 Å². The van der Waals surface area contributed by atoms with E-state index in [2.05, 4.69) is 15.4 Å². The number of nitrogens with zero attached hydrogens (tertiary/aromatic N) is 3. The van der Waals surface area contributed by atoms with Gasteiger partial charge in [-0.05, 0) is 42.7 Å².